The quantitative estimate of drug-likeness (QED) is 0.314. The number of amides is 1. The smallest absolute Gasteiger partial charge is 0.253 e. The molecule has 2 unspecified atom stereocenters. The molecule has 2 aliphatic rings. The zero-order valence-corrected chi connectivity index (χ0v) is 23.2. The number of anilines is 2. The average Bonchev–Trinajstić information content (AvgIpc) is 3.09. The minimum Gasteiger partial charge on any atom is -0.336 e. The average molecular weight is 573 g/mol. The highest BCUT2D eigenvalue weighted by molar-refractivity contribution is 6.31. The predicted molar refractivity (Wildman–Crippen MR) is 156 cm³/mol. The first kappa shape index (κ1) is 27.0. The van der Waals surface area contributed by atoms with Gasteiger partial charge in [-0.05, 0) is 62.4 Å². The third kappa shape index (κ3) is 5.55. The molecule has 0 spiro atoms. The van der Waals surface area contributed by atoms with Gasteiger partial charge in [0.05, 0.1) is 18.0 Å². The summed E-state index contributed by atoms with van der Waals surface area (Å²) in [4.78, 5) is 28.8. The predicted octanol–water partition coefficient (Wildman–Crippen LogP) is 5.99. The van der Waals surface area contributed by atoms with Crippen molar-refractivity contribution in [2.24, 2.45) is 4.99 Å². The van der Waals surface area contributed by atoms with E-state index in [1.165, 1.54) is 12.1 Å². The Kier molecular flexibility index (Phi) is 7.23. The Morgan fingerprint density at radius 3 is 2.44 bits per heavy atom. The number of piperazine rings is 1. The Labute approximate surface area is 241 Å². The van der Waals surface area contributed by atoms with Crippen molar-refractivity contribution in [3.8, 4) is 11.3 Å². The Balaban J connectivity index is 1.28. The summed E-state index contributed by atoms with van der Waals surface area (Å²) in [6.45, 7) is 5.68. The molecule has 1 saturated heterocycles. The van der Waals surface area contributed by atoms with E-state index in [4.69, 9.17) is 16.6 Å². The van der Waals surface area contributed by atoms with Crippen molar-refractivity contribution < 1.29 is 13.6 Å². The molecule has 10 heteroatoms. The van der Waals surface area contributed by atoms with Crippen molar-refractivity contribution in [3.05, 3.63) is 106 Å². The van der Waals surface area contributed by atoms with Crippen LogP contribution in [0.5, 0.6) is 0 Å². The Morgan fingerprint density at radius 2 is 1.71 bits per heavy atom. The van der Waals surface area contributed by atoms with E-state index in [9.17, 15) is 13.6 Å². The van der Waals surface area contributed by atoms with Crippen molar-refractivity contribution in [1.82, 2.24) is 20.2 Å². The molecule has 1 aromatic heterocycles. The van der Waals surface area contributed by atoms with Gasteiger partial charge in [0, 0.05) is 76.0 Å². The van der Waals surface area contributed by atoms with E-state index in [1.54, 1.807) is 30.5 Å². The second kappa shape index (κ2) is 11.0. The SMILES string of the molecule is CC1CN(C(=O)c2ccc(Nc3ncc4c(n3)-c3ccc(Cl)cc3C(c3ccc(F)cc3F)=NC4)cc2)CC(C)N1. The van der Waals surface area contributed by atoms with Gasteiger partial charge in [-0.15, -0.1) is 0 Å². The van der Waals surface area contributed by atoms with Crippen molar-refractivity contribution in [2.45, 2.75) is 32.5 Å². The fraction of sp³-hybridized carbons (Fsp3) is 0.226. The first-order valence-corrected chi connectivity index (χ1v) is 13.7. The Hall–Kier alpha value is -4.21. The number of nitrogens with zero attached hydrogens (tertiary/aromatic N) is 4. The molecule has 2 aliphatic heterocycles. The summed E-state index contributed by atoms with van der Waals surface area (Å²) in [5.41, 5.74) is 4.54. The van der Waals surface area contributed by atoms with E-state index in [0.29, 0.717) is 52.2 Å². The highest BCUT2D eigenvalue weighted by Gasteiger charge is 2.26. The second-order valence-corrected chi connectivity index (χ2v) is 10.9. The minimum atomic E-state index is -0.711. The summed E-state index contributed by atoms with van der Waals surface area (Å²) in [5, 5.41) is 7.11. The summed E-state index contributed by atoms with van der Waals surface area (Å²) >= 11 is 6.33. The van der Waals surface area contributed by atoms with Crippen molar-refractivity contribution >= 4 is 34.9 Å². The van der Waals surface area contributed by atoms with Crippen LogP contribution in [0.4, 0.5) is 20.4 Å². The lowest BCUT2D eigenvalue weighted by atomic mass is 9.95. The number of carbonyl (C=O) groups is 1. The molecular formula is C31H27ClF2N6O. The number of carbonyl (C=O) groups excluding carboxylic acids is 1. The lowest BCUT2D eigenvalue weighted by molar-refractivity contribution is 0.0674. The van der Waals surface area contributed by atoms with Crippen molar-refractivity contribution in [1.29, 1.82) is 0 Å². The van der Waals surface area contributed by atoms with Gasteiger partial charge >= 0.3 is 0 Å². The lowest BCUT2D eigenvalue weighted by Gasteiger charge is -2.36. The zero-order valence-electron chi connectivity index (χ0n) is 22.5. The van der Waals surface area contributed by atoms with Crippen LogP contribution in [0.2, 0.25) is 5.02 Å². The van der Waals surface area contributed by atoms with Gasteiger partial charge in [0.25, 0.3) is 5.91 Å². The fourth-order valence-electron chi connectivity index (χ4n) is 5.40. The van der Waals surface area contributed by atoms with Gasteiger partial charge in [-0.3, -0.25) is 9.79 Å². The molecule has 4 aromatic rings. The molecule has 3 heterocycles. The molecule has 2 N–H and O–H groups in total. The Bertz CT molecular complexity index is 1670. The maximum Gasteiger partial charge on any atom is 0.253 e. The molecular weight excluding hydrogens is 546 g/mol. The van der Waals surface area contributed by atoms with Crippen molar-refractivity contribution in [3.63, 3.8) is 0 Å². The summed E-state index contributed by atoms with van der Waals surface area (Å²) < 4.78 is 28.4. The number of aromatic nitrogens is 2. The van der Waals surface area contributed by atoms with E-state index in [1.807, 2.05) is 23.1 Å². The van der Waals surface area contributed by atoms with Gasteiger partial charge in [-0.1, -0.05) is 17.7 Å². The zero-order chi connectivity index (χ0) is 28.7. The number of benzene rings is 3. The first-order valence-electron chi connectivity index (χ1n) is 13.3. The van der Waals surface area contributed by atoms with E-state index in [2.05, 4.69) is 34.5 Å². The van der Waals surface area contributed by atoms with Gasteiger partial charge in [0.15, 0.2) is 0 Å². The van der Waals surface area contributed by atoms with Crippen LogP contribution < -0.4 is 10.6 Å². The monoisotopic (exact) mass is 572 g/mol. The van der Waals surface area contributed by atoms with E-state index < -0.39 is 11.6 Å². The number of hydrogen-bond donors (Lipinski definition) is 2. The van der Waals surface area contributed by atoms with Crippen LogP contribution in [0.15, 0.2) is 71.9 Å². The maximum atomic E-state index is 14.8. The molecule has 0 aliphatic carbocycles. The van der Waals surface area contributed by atoms with Gasteiger partial charge in [0.1, 0.15) is 11.6 Å². The molecule has 2 atom stereocenters. The van der Waals surface area contributed by atoms with Crippen molar-refractivity contribution in [2.75, 3.05) is 18.4 Å². The third-order valence-electron chi connectivity index (χ3n) is 7.18. The van der Waals surface area contributed by atoms with Crippen LogP contribution in [0.3, 0.4) is 0 Å². The molecule has 3 aromatic carbocycles. The largest absolute Gasteiger partial charge is 0.336 e. The van der Waals surface area contributed by atoms with Crippen LogP contribution in [-0.4, -0.2) is 51.7 Å². The minimum absolute atomic E-state index is 0.00157. The molecule has 6 rings (SSSR count). The number of nitrogens with one attached hydrogen (secondary N) is 2. The normalized spacial score (nSPS) is 18.2. The maximum absolute atomic E-state index is 14.8. The molecule has 0 saturated carbocycles. The number of aliphatic imine (C=N–C) groups is 1. The summed E-state index contributed by atoms with van der Waals surface area (Å²) in [6.07, 6.45) is 1.68. The molecule has 7 nitrogen and oxygen atoms in total. The molecule has 41 heavy (non-hydrogen) atoms. The van der Waals surface area contributed by atoms with Crippen LogP contribution in [0, 0.1) is 11.6 Å². The molecule has 208 valence electrons. The van der Waals surface area contributed by atoms with Crippen LogP contribution in [0.1, 0.15) is 40.9 Å². The molecule has 0 radical (unpaired) electrons. The molecule has 1 amide bonds. The van der Waals surface area contributed by atoms with E-state index >= 15 is 0 Å². The fourth-order valence-corrected chi connectivity index (χ4v) is 5.57. The van der Waals surface area contributed by atoms with Gasteiger partial charge < -0.3 is 15.5 Å². The van der Waals surface area contributed by atoms with Gasteiger partial charge in [0.2, 0.25) is 5.95 Å². The third-order valence-corrected chi connectivity index (χ3v) is 7.42. The number of fused-ring (bicyclic) bond motifs is 3. The lowest BCUT2D eigenvalue weighted by Crippen LogP contribution is -2.55. The first-order chi connectivity index (χ1) is 19.7. The number of rotatable bonds is 4. The number of halogens is 3. The number of hydrogen-bond acceptors (Lipinski definition) is 6. The summed E-state index contributed by atoms with van der Waals surface area (Å²) in [5.74, 6) is -1.02. The standard InChI is InChI=1S/C31H27ClF2N6O/c1-17-15-40(16-18(2)37-17)30(41)19-3-7-23(8-4-19)38-31-36-14-20-13-35-29(25-10-6-22(33)12-27(25)34)26-11-21(32)5-9-24(26)28(20)39-31/h3-12,14,17-18,37H,13,15-16H2,1-2H3,(H,36,38,39). The van der Waals surface area contributed by atoms with Crippen LogP contribution in [0.25, 0.3) is 11.3 Å². The van der Waals surface area contributed by atoms with E-state index in [-0.39, 0.29) is 30.1 Å². The summed E-state index contributed by atoms with van der Waals surface area (Å²) in [7, 11) is 0. The highest BCUT2D eigenvalue weighted by atomic mass is 35.5. The van der Waals surface area contributed by atoms with E-state index in [0.717, 1.165) is 17.3 Å². The van der Waals surface area contributed by atoms with Gasteiger partial charge in [-0.25, -0.2) is 18.7 Å². The van der Waals surface area contributed by atoms with Crippen LogP contribution in [-0.2, 0) is 6.54 Å². The second-order valence-electron chi connectivity index (χ2n) is 10.4. The highest BCUT2D eigenvalue weighted by Crippen LogP contribution is 2.34. The van der Waals surface area contributed by atoms with Gasteiger partial charge in [-0.2, -0.15) is 0 Å². The Morgan fingerprint density at radius 1 is 0.976 bits per heavy atom. The topological polar surface area (TPSA) is 82.5 Å². The molecule has 0 bridgehead atoms. The summed E-state index contributed by atoms with van der Waals surface area (Å²) in [6, 6.07) is 16.4. The van der Waals surface area contributed by atoms with Crippen LogP contribution >= 0.6 is 11.6 Å². The molecule has 1 fully saturated rings.